The van der Waals surface area contributed by atoms with Gasteiger partial charge in [0.25, 0.3) is 0 Å². The van der Waals surface area contributed by atoms with Gasteiger partial charge in [-0.1, -0.05) is 18.2 Å². The van der Waals surface area contributed by atoms with Gasteiger partial charge < -0.3 is 14.5 Å². The lowest BCUT2D eigenvalue weighted by atomic mass is 9.95. The largest absolute Gasteiger partial charge is 0.450 e. The lowest BCUT2D eigenvalue weighted by Crippen LogP contribution is -2.60. The minimum Gasteiger partial charge on any atom is -0.450 e. The van der Waals surface area contributed by atoms with Crippen molar-refractivity contribution in [3.8, 4) is 6.07 Å². The number of benzene rings is 1. The number of hydrogen-bond donors (Lipinski definition) is 2. The second-order valence-corrected chi connectivity index (χ2v) is 9.21. The molecule has 2 amide bonds. The van der Waals surface area contributed by atoms with E-state index in [1.165, 1.54) is 0 Å². The van der Waals surface area contributed by atoms with Gasteiger partial charge in [0, 0.05) is 32.5 Å². The highest BCUT2D eigenvalue weighted by Crippen LogP contribution is 2.35. The highest BCUT2D eigenvalue weighted by atomic mass is 32.2. The second-order valence-electron chi connectivity index (χ2n) is 7.84. The van der Waals surface area contributed by atoms with E-state index in [1.807, 2.05) is 34.3 Å². The number of piperidine rings is 1. The Bertz CT molecular complexity index is 896. The molecule has 8 nitrogen and oxygen atoms in total. The fourth-order valence-electron chi connectivity index (χ4n) is 4.29. The third kappa shape index (κ3) is 5.34. The Hall–Kier alpha value is -2.35. The van der Waals surface area contributed by atoms with E-state index < -0.39 is 11.8 Å². The molecule has 172 valence electrons. The van der Waals surface area contributed by atoms with E-state index in [-0.39, 0.29) is 18.6 Å². The van der Waals surface area contributed by atoms with Crippen LogP contribution >= 0.6 is 24.0 Å². The maximum atomic E-state index is 13.4. The molecule has 2 aliphatic rings. The first-order valence-electron chi connectivity index (χ1n) is 10.7. The monoisotopic (exact) mass is 475 g/mol. The van der Waals surface area contributed by atoms with Crippen molar-refractivity contribution in [3.05, 3.63) is 35.4 Å². The Kier molecular flexibility index (Phi) is 8.34. The van der Waals surface area contributed by atoms with Gasteiger partial charge in [-0.2, -0.15) is 17.0 Å². The molecule has 2 aliphatic heterocycles. The van der Waals surface area contributed by atoms with Crippen molar-refractivity contribution in [2.45, 2.75) is 44.4 Å². The summed E-state index contributed by atoms with van der Waals surface area (Å²) in [7, 11) is 0. The number of likely N-dealkylation sites (tertiary alicyclic amines) is 1. The van der Waals surface area contributed by atoms with Crippen molar-refractivity contribution in [3.63, 3.8) is 0 Å². The van der Waals surface area contributed by atoms with Gasteiger partial charge in [-0.05, 0) is 49.2 Å². The number of nitriles is 1. The molecule has 2 N–H and O–H groups in total. The number of carbonyl (C=O) groups is 2. The van der Waals surface area contributed by atoms with Crippen molar-refractivity contribution < 1.29 is 14.3 Å². The van der Waals surface area contributed by atoms with Crippen LogP contribution in [0.3, 0.4) is 0 Å². The summed E-state index contributed by atoms with van der Waals surface area (Å²) in [6.45, 7) is 3.59. The lowest BCUT2D eigenvalue weighted by molar-refractivity contribution is -0.134. The van der Waals surface area contributed by atoms with Crippen LogP contribution in [0.2, 0.25) is 0 Å². The van der Waals surface area contributed by atoms with Gasteiger partial charge in [0.05, 0.1) is 29.9 Å². The van der Waals surface area contributed by atoms with E-state index in [0.717, 1.165) is 17.7 Å². The van der Waals surface area contributed by atoms with Crippen LogP contribution in [0.4, 0.5) is 4.79 Å². The molecule has 0 aliphatic carbocycles. The smallest absolute Gasteiger partial charge is 0.413 e. The molecule has 2 saturated heterocycles. The number of rotatable bonds is 6. The summed E-state index contributed by atoms with van der Waals surface area (Å²) in [5.74, 6) is 0.967. The Balaban J connectivity index is 1.76. The first kappa shape index (κ1) is 24.3. The summed E-state index contributed by atoms with van der Waals surface area (Å²) in [5, 5.41) is 16.0. The molecular weight excluding hydrogens is 446 g/mol. The summed E-state index contributed by atoms with van der Waals surface area (Å²) in [5.41, 5.74) is 0.927. The molecule has 1 atom stereocenters. The predicted octanol–water partition coefficient (Wildman–Crippen LogP) is 2.43. The van der Waals surface area contributed by atoms with Crippen LogP contribution in [0, 0.1) is 11.3 Å². The minimum absolute atomic E-state index is 0.0764. The van der Waals surface area contributed by atoms with Gasteiger partial charge in [-0.3, -0.25) is 15.4 Å². The van der Waals surface area contributed by atoms with Crippen LogP contribution in [-0.4, -0.2) is 70.3 Å². The zero-order chi connectivity index (χ0) is 23.1. The van der Waals surface area contributed by atoms with Crippen molar-refractivity contribution in [2.75, 3.05) is 31.7 Å². The van der Waals surface area contributed by atoms with E-state index in [4.69, 9.17) is 17.0 Å². The van der Waals surface area contributed by atoms with Crippen molar-refractivity contribution in [2.24, 2.45) is 0 Å². The molecule has 10 heteroatoms. The Labute approximate surface area is 198 Å². The SMILES string of the molecule is CCOC(=O)NC(=S)N1CCC2(CC1)NC(CCSC)C(=O)N2Cc1ccccc1C#N. The third-order valence-electron chi connectivity index (χ3n) is 5.96. The second kappa shape index (κ2) is 11.0. The molecular formula is C22H29N5O3S2. The molecule has 0 radical (unpaired) electrons. The number of ether oxygens (including phenoxy) is 1. The number of hydrogen-bond acceptors (Lipinski definition) is 7. The number of nitrogens with zero attached hydrogens (tertiary/aromatic N) is 3. The summed E-state index contributed by atoms with van der Waals surface area (Å²) in [4.78, 5) is 28.9. The van der Waals surface area contributed by atoms with Crippen molar-refractivity contribution >= 4 is 41.1 Å². The van der Waals surface area contributed by atoms with Gasteiger partial charge in [0.2, 0.25) is 5.91 Å². The van der Waals surface area contributed by atoms with Crippen LogP contribution in [0.25, 0.3) is 0 Å². The van der Waals surface area contributed by atoms with E-state index in [2.05, 4.69) is 16.7 Å². The zero-order valence-corrected chi connectivity index (χ0v) is 20.1. The van der Waals surface area contributed by atoms with Crippen LogP contribution in [0.5, 0.6) is 0 Å². The Morgan fingerprint density at radius 1 is 1.41 bits per heavy atom. The van der Waals surface area contributed by atoms with Crippen molar-refractivity contribution in [1.82, 2.24) is 20.4 Å². The molecule has 1 unspecified atom stereocenters. The van der Waals surface area contributed by atoms with Gasteiger partial charge in [-0.15, -0.1) is 0 Å². The Morgan fingerprint density at radius 3 is 2.78 bits per heavy atom. The molecule has 1 aromatic carbocycles. The topological polar surface area (TPSA) is 97.7 Å². The predicted molar refractivity (Wildman–Crippen MR) is 128 cm³/mol. The molecule has 0 saturated carbocycles. The zero-order valence-electron chi connectivity index (χ0n) is 18.4. The molecule has 1 spiro atoms. The molecule has 0 bridgehead atoms. The highest BCUT2D eigenvalue weighted by molar-refractivity contribution is 7.98. The molecule has 3 rings (SSSR count). The fraction of sp³-hybridized carbons (Fsp3) is 0.545. The maximum absolute atomic E-state index is 13.4. The first-order chi connectivity index (χ1) is 15.4. The average molecular weight is 476 g/mol. The summed E-state index contributed by atoms with van der Waals surface area (Å²) in [6.07, 6.45) is 3.55. The number of carbonyl (C=O) groups excluding carboxylic acids is 2. The first-order valence-corrected chi connectivity index (χ1v) is 12.5. The molecule has 2 heterocycles. The van der Waals surface area contributed by atoms with Crippen LogP contribution in [0.1, 0.15) is 37.3 Å². The number of alkyl carbamates (subject to hydrolysis) is 1. The van der Waals surface area contributed by atoms with E-state index in [1.54, 1.807) is 24.8 Å². The number of amides is 2. The summed E-state index contributed by atoms with van der Waals surface area (Å²) in [6, 6.07) is 9.40. The Morgan fingerprint density at radius 2 is 2.12 bits per heavy atom. The molecule has 1 aromatic rings. The quantitative estimate of drug-likeness (QED) is 0.606. The highest BCUT2D eigenvalue weighted by Gasteiger charge is 2.51. The number of thioether (sulfide) groups is 1. The molecule has 2 fully saturated rings. The lowest BCUT2D eigenvalue weighted by Gasteiger charge is -2.45. The van der Waals surface area contributed by atoms with Crippen LogP contribution < -0.4 is 10.6 Å². The van der Waals surface area contributed by atoms with Crippen molar-refractivity contribution in [1.29, 1.82) is 5.26 Å². The van der Waals surface area contributed by atoms with E-state index >= 15 is 0 Å². The molecule has 32 heavy (non-hydrogen) atoms. The average Bonchev–Trinajstić information content (AvgIpc) is 3.04. The standard InChI is InChI=1S/C22H29N5O3S2/c1-3-30-21(29)24-20(31)26-11-9-22(10-12-26)25-18(8-13-32-2)19(28)27(22)15-17-7-5-4-6-16(17)14-23/h4-7,18,25H,3,8-13,15H2,1-2H3,(H,24,29,31). The van der Waals surface area contributed by atoms with E-state index in [0.29, 0.717) is 43.2 Å². The van der Waals surface area contributed by atoms with Gasteiger partial charge in [0.15, 0.2) is 5.11 Å². The fourth-order valence-corrected chi connectivity index (χ4v) is 5.03. The van der Waals surface area contributed by atoms with Crippen LogP contribution in [-0.2, 0) is 16.1 Å². The van der Waals surface area contributed by atoms with Crippen LogP contribution in [0.15, 0.2) is 24.3 Å². The minimum atomic E-state index is -0.557. The summed E-state index contributed by atoms with van der Waals surface area (Å²) >= 11 is 7.09. The van der Waals surface area contributed by atoms with Gasteiger partial charge in [-0.25, -0.2) is 4.79 Å². The molecule has 0 aromatic heterocycles. The van der Waals surface area contributed by atoms with Gasteiger partial charge in [0.1, 0.15) is 0 Å². The normalized spacial score (nSPS) is 19.7. The third-order valence-corrected chi connectivity index (χ3v) is 6.97. The summed E-state index contributed by atoms with van der Waals surface area (Å²) < 4.78 is 4.91. The number of nitrogens with one attached hydrogen (secondary N) is 2. The number of thiocarbonyl (C=S) groups is 1. The van der Waals surface area contributed by atoms with E-state index in [9.17, 15) is 14.9 Å². The maximum Gasteiger partial charge on any atom is 0.413 e. The van der Waals surface area contributed by atoms with Gasteiger partial charge >= 0.3 is 6.09 Å².